The predicted octanol–water partition coefficient (Wildman–Crippen LogP) is 1.32. The van der Waals surface area contributed by atoms with Gasteiger partial charge in [-0.2, -0.15) is 4.31 Å². The number of hydrogen-bond donors (Lipinski definition) is 1. The van der Waals surface area contributed by atoms with Crippen molar-refractivity contribution in [3.8, 4) is 0 Å². The van der Waals surface area contributed by atoms with E-state index in [0.717, 1.165) is 4.31 Å². The summed E-state index contributed by atoms with van der Waals surface area (Å²) in [6.45, 7) is 3.82. The van der Waals surface area contributed by atoms with Crippen molar-refractivity contribution in [3.63, 3.8) is 0 Å². The Morgan fingerprint density at radius 2 is 1.54 bits per heavy atom. The van der Waals surface area contributed by atoms with E-state index in [4.69, 9.17) is 9.47 Å². The fraction of sp³-hybridized carbons (Fsp3) is 0.417. The van der Waals surface area contributed by atoms with Crippen molar-refractivity contribution in [2.24, 2.45) is 0 Å². The number of sulfonamides is 2. The maximum absolute atomic E-state index is 13.1. The third-order valence-corrected chi connectivity index (χ3v) is 9.23. The Morgan fingerprint density at radius 1 is 0.973 bits per heavy atom. The van der Waals surface area contributed by atoms with Gasteiger partial charge in [0.2, 0.25) is 20.0 Å². The molecule has 0 radical (unpaired) electrons. The monoisotopic (exact) mass is 553 g/mol. The number of hydrogen-bond acceptors (Lipinski definition) is 8. The number of carbonyl (C=O) groups excluding carboxylic acids is 2. The molecule has 1 saturated heterocycles. The third-order valence-electron chi connectivity index (χ3n) is 5.59. The largest absolute Gasteiger partial charge is 0.460 e. The number of nitrogens with one attached hydrogen (secondary N) is 1. The highest BCUT2D eigenvalue weighted by Gasteiger charge is 2.32. The molecule has 2 atom stereocenters. The standard InChI is InChI=1S/C24H31N3O8S2/c1-17-15-27(16-18(2)35-17)37(32,33)22-10-6-8-20(14-22)24(29)34-12-11-25-23(28)19-7-5-9-21(13-19)36(30,31)26(3)4/h5-10,13-14,17-18H,11-12,15-16H2,1-4H3,(H,25,28). The number of benzene rings is 2. The molecule has 1 amide bonds. The topological polar surface area (TPSA) is 139 Å². The molecule has 1 aliphatic rings. The summed E-state index contributed by atoms with van der Waals surface area (Å²) in [5.41, 5.74) is 0.197. The van der Waals surface area contributed by atoms with E-state index in [1.54, 1.807) is 13.8 Å². The Labute approximate surface area is 217 Å². The lowest BCUT2D eigenvalue weighted by Gasteiger charge is -2.34. The molecule has 3 rings (SSSR count). The van der Waals surface area contributed by atoms with Crippen molar-refractivity contribution in [2.75, 3.05) is 40.3 Å². The van der Waals surface area contributed by atoms with Gasteiger partial charge < -0.3 is 14.8 Å². The van der Waals surface area contributed by atoms with Gasteiger partial charge in [0.05, 0.1) is 34.1 Å². The number of ether oxygens (including phenoxy) is 2. The van der Waals surface area contributed by atoms with Gasteiger partial charge in [-0.15, -0.1) is 0 Å². The number of nitrogens with zero attached hydrogens (tertiary/aromatic N) is 2. The zero-order chi connectivity index (χ0) is 27.4. The molecule has 1 N–H and O–H groups in total. The molecule has 2 unspecified atom stereocenters. The van der Waals surface area contributed by atoms with Gasteiger partial charge in [0.15, 0.2) is 0 Å². The summed E-state index contributed by atoms with van der Waals surface area (Å²) < 4.78 is 63.9. The van der Waals surface area contributed by atoms with Crippen LogP contribution in [0.25, 0.3) is 0 Å². The molecule has 1 heterocycles. The lowest BCUT2D eigenvalue weighted by atomic mass is 10.2. The summed E-state index contributed by atoms with van der Waals surface area (Å²) in [5.74, 6) is -1.27. The molecule has 37 heavy (non-hydrogen) atoms. The first kappa shape index (κ1) is 28.7. The highest BCUT2D eigenvalue weighted by molar-refractivity contribution is 7.89. The average molecular weight is 554 g/mol. The average Bonchev–Trinajstić information content (AvgIpc) is 2.85. The van der Waals surface area contributed by atoms with Crippen molar-refractivity contribution in [3.05, 3.63) is 59.7 Å². The molecular weight excluding hydrogens is 522 g/mol. The fourth-order valence-corrected chi connectivity index (χ4v) is 6.35. The molecule has 2 aromatic rings. The maximum Gasteiger partial charge on any atom is 0.338 e. The van der Waals surface area contributed by atoms with Crippen LogP contribution in [0.3, 0.4) is 0 Å². The first-order valence-corrected chi connectivity index (χ1v) is 14.4. The summed E-state index contributed by atoms with van der Waals surface area (Å²) >= 11 is 0. The molecule has 0 aromatic heterocycles. The summed E-state index contributed by atoms with van der Waals surface area (Å²) in [4.78, 5) is 24.9. The summed E-state index contributed by atoms with van der Waals surface area (Å²) in [6.07, 6.45) is -0.497. The quantitative estimate of drug-likeness (QED) is 0.362. The van der Waals surface area contributed by atoms with Crippen LogP contribution in [0.2, 0.25) is 0 Å². The summed E-state index contributed by atoms with van der Waals surface area (Å²) in [5, 5.41) is 2.56. The Balaban J connectivity index is 1.58. The first-order valence-electron chi connectivity index (χ1n) is 11.6. The van der Waals surface area contributed by atoms with E-state index in [-0.39, 0.29) is 59.4 Å². The lowest BCUT2D eigenvalue weighted by molar-refractivity contribution is -0.0440. The molecule has 0 aliphatic carbocycles. The zero-order valence-electron chi connectivity index (χ0n) is 21.1. The van der Waals surface area contributed by atoms with Crippen LogP contribution in [-0.2, 0) is 29.5 Å². The number of carbonyl (C=O) groups is 2. The Hall–Kier alpha value is -2.84. The number of rotatable bonds is 9. The third kappa shape index (κ3) is 6.93. The molecule has 1 aliphatic heterocycles. The molecule has 0 spiro atoms. The second kappa shape index (κ2) is 11.7. The Bertz CT molecular complexity index is 1350. The second-order valence-corrected chi connectivity index (χ2v) is 12.9. The minimum Gasteiger partial charge on any atom is -0.460 e. The van der Waals surface area contributed by atoms with E-state index >= 15 is 0 Å². The smallest absolute Gasteiger partial charge is 0.338 e. The van der Waals surface area contributed by atoms with Gasteiger partial charge in [0.1, 0.15) is 6.61 Å². The van der Waals surface area contributed by atoms with Gasteiger partial charge in [-0.3, -0.25) is 4.79 Å². The molecule has 0 bridgehead atoms. The second-order valence-electron chi connectivity index (χ2n) is 8.81. The van der Waals surface area contributed by atoms with Crippen LogP contribution < -0.4 is 5.32 Å². The highest BCUT2D eigenvalue weighted by atomic mass is 32.2. The maximum atomic E-state index is 13.1. The molecule has 11 nitrogen and oxygen atoms in total. The lowest BCUT2D eigenvalue weighted by Crippen LogP contribution is -2.48. The normalized spacial score (nSPS) is 18.9. The van der Waals surface area contributed by atoms with Crippen LogP contribution in [0.5, 0.6) is 0 Å². The molecule has 13 heteroatoms. The van der Waals surface area contributed by atoms with E-state index in [1.165, 1.54) is 66.9 Å². The summed E-state index contributed by atoms with van der Waals surface area (Å²) in [7, 11) is -4.73. The fourth-order valence-electron chi connectivity index (χ4n) is 3.76. The van der Waals surface area contributed by atoms with Crippen LogP contribution in [0.4, 0.5) is 0 Å². The van der Waals surface area contributed by atoms with Crippen molar-refractivity contribution >= 4 is 31.9 Å². The number of amides is 1. The van der Waals surface area contributed by atoms with E-state index in [2.05, 4.69) is 5.32 Å². The van der Waals surface area contributed by atoms with Gasteiger partial charge in [-0.05, 0) is 50.2 Å². The summed E-state index contributed by atoms with van der Waals surface area (Å²) in [6, 6.07) is 11.2. The Morgan fingerprint density at radius 3 is 2.16 bits per heavy atom. The molecule has 0 saturated carbocycles. The Kier molecular flexibility index (Phi) is 9.08. The van der Waals surface area contributed by atoms with Crippen molar-refractivity contribution in [1.82, 2.24) is 13.9 Å². The minimum absolute atomic E-state index is 0.0209. The predicted molar refractivity (Wildman–Crippen MR) is 135 cm³/mol. The van der Waals surface area contributed by atoms with Gasteiger partial charge in [0, 0.05) is 32.7 Å². The van der Waals surface area contributed by atoms with Crippen molar-refractivity contribution in [1.29, 1.82) is 0 Å². The van der Waals surface area contributed by atoms with Crippen molar-refractivity contribution < 1.29 is 35.9 Å². The van der Waals surface area contributed by atoms with Gasteiger partial charge in [0.25, 0.3) is 5.91 Å². The van der Waals surface area contributed by atoms with Gasteiger partial charge in [-0.1, -0.05) is 12.1 Å². The minimum atomic E-state index is -3.83. The number of esters is 1. The number of morpholine rings is 1. The van der Waals surface area contributed by atoms with Crippen molar-refractivity contribution in [2.45, 2.75) is 35.8 Å². The van der Waals surface area contributed by atoms with E-state index in [0.29, 0.717) is 0 Å². The first-order chi connectivity index (χ1) is 17.3. The zero-order valence-corrected chi connectivity index (χ0v) is 22.7. The van der Waals surface area contributed by atoms with Gasteiger partial charge >= 0.3 is 5.97 Å². The highest BCUT2D eigenvalue weighted by Crippen LogP contribution is 2.22. The van der Waals surface area contributed by atoms with E-state index < -0.39 is 31.9 Å². The van der Waals surface area contributed by atoms with Crippen LogP contribution in [0.15, 0.2) is 58.3 Å². The van der Waals surface area contributed by atoms with Crippen LogP contribution in [0.1, 0.15) is 34.6 Å². The molecule has 1 fully saturated rings. The van der Waals surface area contributed by atoms with Crippen LogP contribution in [-0.4, -0.2) is 89.9 Å². The van der Waals surface area contributed by atoms with E-state index in [1.807, 2.05) is 0 Å². The molecule has 202 valence electrons. The molecular formula is C24H31N3O8S2. The van der Waals surface area contributed by atoms with Crippen LogP contribution >= 0.6 is 0 Å². The molecule has 2 aromatic carbocycles. The van der Waals surface area contributed by atoms with Gasteiger partial charge in [-0.25, -0.2) is 25.9 Å². The van der Waals surface area contributed by atoms with E-state index in [9.17, 15) is 26.4 Å². The van der Waals surface area contributed by atoms with Crippen LogP contribution in [0, 0.1) is 0 Å². The SMILES string of the molecule is CC1CN(S(=O)(=O)c2cccc(C(=O)OCCNC(=O)c3cccc(S(=O)(=O)N(C)C)c3)c2)CC(C)O1.